The predicted molar refractivity (Wildman–Crippen MR) is 73.5 cm³/mol. The van der Waals surface area contributed by atoms with Crippen LogP contribution in [0.3, 0.4) is 0 Å². The van der Waals surface area contributed by atoms with Crippen LogP contribution in [0.4, 0.5) is 0 Å². The highest BCUT2D eigenvalue weighted by molar-refractivity contribution is 7.90. The molecule has 1 heterocycles. The Bertz CT molecular complexity index is 551. The summed E-state index contributed by atoms with van der Waals surface area (Å²) >= 11 is 0. The van der Waals surface area contributed by atoms with Gasteiger partial charge in [-0.2, -0.15) is 5.10 Å². The molecule has 0 spiro atoms. The fraction of sp³-hybridized carbons (Fsp3) is 0.750. The fourth-order valence-electron chi connectivity index (χ4n) is 1.80. The fourth-order valence-corrected chi connectivity index (χ4v) is 3.44. The first-order chi connectivity index (χ1) is 9.25. The molecule has 0 saturated carbocycles. The molecule has 1 aromatic heterocycles. The quantitative estimate of drug-likeness (QED) is 0.687. The molecule has 0 bridgehead atoms. The number of sulfone groups is 1. The minimum absolute atomic E-state index is 0.221. The summed E-state index contributed by atoms with van der Waals surface area (Å²) in [5.41, 5.74) is 0. The normalized spacial score (nSPS) is 13.4. The van der Waals surface area contributed by atoms with Crippen LogP contribution in [-0.4, -0.2) is 42.0 Å². The summed E-state index contributed by atoms with van der Waals surface area (Å²) < 4.78 is 30.3. The number of rotatable bonds is 7. The summed E-state index contributed by atoms with van der Waals surface area (Å²) in [5, 5.41) is 4.02. The molecular weight excluding hydrogens is 282 g/mol. The van der Waals surface area contributed by atoms with Gasteiger partial charge in [-0.3, -0.25) is 4.79 Å². The van der Waals surface area contributed by atoms with Gasteiger partial charge in [-0.1, -0.05) is 20.8 Å². The number of hydrogen-bond donors (Lipinski definition) is 0. The molecule has 0 aliphatic rings. The summed E-state index contributed by atoms with van der Waals surface area (Å²) in [6.45, 7) is 6.16. The second-order valence-electron chi connectivity index (χ2n) is 5.23. The van der Waals surface area contributed by atoms with Gasteiger partial charge in [0.25, 0.3) is 0 Å². The molecule has 0 aliphatic carbocycles. The van der Waals surface area contributed by atoms with Gasteiger partial charge in [-0.15, -0.1) is 0 Å². The van der Waals surface area contributed by atoms with Crippen LogP contribution >= 0.6 is 0 Å². The van der Waals surface area contributed by atoms with Crippen molar-refractivity contribution in [2.45, 2.75) is 33.1 Å². The van der Waals surface area contributed by atoms with Crippen LogP contribution in [0.15, 0.2) is 6.33 Å². The Balaban J connectivity index is 2.76. The lowest BCUT2D eigenvalue weighted by Crippen LogP contribution is -2.24. The Labute approximate surface area is 119 Å². The molecule has 1 aromatic rings. The van der Waals surface area contributed by atoms with Gasteiger partial charge >= 0.3 is 5.97 Å². The van der Waals surface area contributed by atoms with Gasteiger partial charge in [0.05, 0.1) is 18.8 Å². The van der Waals surface area contributed by atoms with E-state index in [1.165, 1.54) is 20.4 Å². The summed E-state index contributed by atoms with van der Waals surface area (Å²) in [6, 6.07) is 0. The van der Waals surface area contributed by atoms with Crippen molar-refractivity contribution in [1.29, 1.82) is 0 Å². The van der Waals surface area contributed by atoms with Crippen molar-refractivity contribution in [2.24, 2.45) is 11.8 Å². The molecule has 20 heavy (non-hydrogen) atoms. The maximum atomic E-state index is 12.1. The molecular formula is C12H21N3O4S. The van der Waals surface area contributed by atoms with Gasteiger partial charge in [0.15, 0.2) is 9.84 Å². The van der Waals surface area contributed by atoms with E-state index in [1.807, 2.05) is 13.8 Å². The van der Waals surface area contributed by atoms with Crippen LogP contribution in [0, 0.1) is 11.8 Å². The highest BCUT2D eigenvalue weighted by atomic mass is 32.2. The summed E-state index contributed by atoms with van der Waals surface area (Å²) in [4.78, 5) is 15.3. The first kappa shape index (κ1) is 16.6. The van der Waals surface area contributed by atoms with Crippen LogP contribution in [0.1, 0.15) is 26.6 Å². The van der Waals surface area contributed by atoms with E-state index < -0.39 is 21.7 Å². The van der Waals surface area contributed by atoms with Crippen LogP contribution in [0.5, 0.6) is 0 Å². The van der Waals surface area contributed by atoms with E-state index in [1.54, 1.807) is 4.68 Å². The van der Waals surface area contributed by atoms with Gasteiger partial charge in [-0.25, -0.2) is 18.1 Å². The Morgan fingerprint density at radius 3 is 2.60 bits per heavy atom. The van der Waals surface area contributed by atoms with E-state index in [9.17, 15) is 13.2 Å². The Morgan fingerprint density at radius 2 is 2.05 bits per heavy atom. The maximum absolute atomic E-state index is 12.1. The van der Waals surface area contributed by atoms with Gasteiger partial charge in [0, 0.05) is 6.54 Å². The van der Waals surface area contributed by atoms with Crippen molar-refractivity contribution in [2.75, 3.05) is 12.9 Å². The van der Waals surface area contributed by atoms with E-state index in [0.29, 0.717) is 18.3 Å². The highest BCUT2D eigenvalue weighted by Crippen LogP contribution is 2.10. The lowest BCUT2D eigenvalue weighted by atomic mass is 10.2. The van der Waals surface area contributed by atoms with E-state index in [2.05, 4.69) is 14.8 Å². The molecule has 0 aromatic carbocycles. The SMILES string of the molecule is COC(=O)C(C)CS(=O)(=O)Cc1ncnn1CC(C)C. The number of ether oxygens (including phenoxy) is 1. The Hall–Kier alpha value is -1.44. The highest BCUT2D eigenvalue weighted by Gasteiger charge is 2.24. The molecule has 0 amide bonds. The maximum Gasteiger partial charge on any atom is 0.309 e. The molecule has 7 nitrogen and oxygen atoms in total. The number of esters is 1. The Kier molecular flexibility index (Phi) is 5.67. The molecule has 0 N–H and O–H groups in total. The van der Waals surface area contributed by atoms with Crippen molar-refractivity contribution in [3.63, 3.8) is 0 Å². The predicted octanol–water partition coefficient (Wildman–Crippen LogP) is 0.658. The molecule has 0 radical (unpaired) electrons. The molecule has 8 heteroatoms. The third-order valence-corrected chi connectivity index (χ3v) is 4.40. The van der Waals surface area contributed by atoms with Crippen LogP contribution in [0.25, 0.3) is 0 Å². The van der Waals surface area contributed by atoms with E-state index >= 15 is 0 Å². The van der Waals surface area contributed by atoms with Crippen LogP contribution in [0.2, 0.25) is 0 Å². The topological polar surface area (TPSA) is 91.2 Å². The van der Waals surface area contributed by atoms with Gasteiger partial charge in [0.2, 0.25) is 0 Å². The van der Waals surface area contributed by atoms with Crippen molar-refractivity contribution in [1.82, 2.24) is 14.8 Å². The van der Waals surface area contributed by atoms with Crippen molar-refractivity contribution in [3.05, 3.63) is 12.2 Å². The zero-order valence-corrected chi connectivity index (χ0v) is 13.1. The Morgan fingerprint density at radius 1 is 1.40 bits per heavy atom. The molecule has 1 rings (SSSR count). The zero-order chi connectivity index (χ0) is 15.3. The third kappa shape index (κ3) is 4.92. The van der Waals surface area contributed by atoms with Crippen molar-refractivity contribution < 1.29 is 17.9 Å². The van der Waals surface area contributed by atoms with E-state index in [0.717, 1.165) is 0 Å². The van der Waals surface area contributed by atoms with Gasteiger partial charge in [-0.05, 0) is 5.92 Å². The standard InChI is InChI=1S/C12H21N3O4S/c1-9(2)5-15-11(13-8-14-15)7-20(17,18)6-10(3)12(16)19-4/h8-10H,5-7H2,1-4H3. The first-order valence-electron chi connectivity index (χ1n) is 6.40. The average molecular weight is 303 g/mol. The molecule has 0 saturated heterocycles. The average Bonchev–Trinajstić information content (AvgIpc) is 2.73. The number of carbonyl (C=O) groups excluding carboxylic acids is 1. The monoisotopic (exact) mass is 303 g/mol. The largest absolute Gasteiger partial charge is 0.469 e. The van der Waals surface area contributed by atoms with E-state index in [-0.39, 0.29) is 11.5 Å². The summed E-state index contributed by atoms with van der Waals surface area (Å²) in [6.07, 6.45) is 1.34. The number of nitrogens with zero attached hydrogens (tertiary/aromatic N) is 3. The van der Waals surface area contributed by atoms with Crippen molar-refractivity contribution in [3.8, 4) is 0 Å². The minimum Gasteiger partial charge on any atom is -0.469 e. The summed E-state index contributed by atoms with van der Waals surface area (Å²) in [7, 11) is -2.20. The smallest absolute Gasteiger partial charge is 0.309 e. The molecule has 1 unspecified atom stereocenters. The number of hydrogen-bond acceptors (Lipinski definition) is 6. The molecule has 1 atom stereocenters. The second-order valence-corrected chi connectivity index (χ2v) is 7.34. The first-order valence-corrected chi connectivity index (χ1v) is 8.22. The van der Waals surface area contributed by atoms with Crippen LogP contribution < -0.4 is 0 Å². The van der Waals surface area contributed by atoms with Gasteiger partial charge in [0.1, 0.15) is 17.9 Å². The number of methoxy groups -OCH3 is 1. The van der Waals surface area contributed by atoms with Crippen LogP contribution in [-0.2, 0) is 31.7 Å². The molecule has 0 aliphatic heterocycles. The minimum atomic E-state index is -3.44. The van der Waals surface area contributed by atoms with Gasteiger partial charge < -0.3 is 4.74 Å². The van der Waals surface area contributed by atoms with E-state index in [4.69, 9.17) is 0 Å². The zero-order valence-electron chi connectivity index (χ0n) is 12.2. The second kappa shape index (κ2) is 6.83. The lowest BCUT2D eigenvalue weighted by molar-refractivity contribution is -0.144. The summed E-state index contributed by atoms with van der Waals surface area (Å²) in [5.74, 6) is -0.957. The lowest BCUT2D eigenvalue weighted by Gasteiger charge is -2.11. The molecule has 114 valence electrons. The number of aromatic nitrogens is 3. The number of carbonyl (C=O) groups is 1. The molecule has 0 fully saturated rings. The van der Waals surface area contributed by atoms with Crippen molar-refractivity contribution >= 4 is 15.8 Å². The third-order valence-electron chi connectivity index (χ3n) is 2.69.